The summed E-state index contributed by atoms with van der Waals surface area (Å²) >= 11 is 6.28. The molecule has 0 atom stereocenters. The van der Waals surface area contributed by atoms with Crippen molar-refractivity contribution in [1.82, 2.24) is 14.7 Å². The number of benzene rings is 1. The van der Waals surface area contributed by atoms with Gasteiger partial charge in [0, 0.05) is 24.7 Å². The summed E-state index contributed by atoms with van der Waals surface area (Å²) in [5.74, 6) is 0.563. The van der Waals surface area contributed by atoms with Crippen molar-refractivity contribution in [1.29, 1.82) is 0 Å². The van der Waals surface area contributed by atoms with Crippen LogP contribution in [0.3, 0.4) is 0 Å². The van der Waals surface area contributed by atoms with Crippen LogP contribution in [0.15, 0.2) is 30.3 Å². The number of carbonyl (C=O) groups is 1. The normalized spacial score (nSPS) is 14.2. The average Bonchev–Trinajstić information content (AvgIpc) is 3.29. The summed E-state index contributed by atoms with van der Waals surface area (Å²) in [5, 5.41) is 5.21. The molecule has 1 heterocycles. The molecule has 0 bridgehead atoms. The Bertz CT molecular complexity index is 734. The summed E-state index contributed by atoms with van der Waals surface area (Å²) in [6.07, 6.45) is 3.01. The lowest BCUT2D eigenvalue weighted by Gasteiger charge is -2.23. The van der Waals surface area contributed by atoms with Crippen LogP contribution >= 0.6 is 11.6 Å². The number of hydrogen-bond acceptors (Lipinski definition) is 2. The number of carbonyl (C=O) groups excluding carboxylic acids is 1. The van der Waals surface area contributed by atoms with Gasteiger partial charge in [0.1, 0.15) is 5.69 Å². The second kappa shape index (κ2) is 6.98. The summed E-state index contributed by atoms with van der Waals surface area (Å²) in [6, 6.07) is 9.98. The molecule has 4 nitrogen and oxygen atoms in total. The number of hydrogen-bond donors (Lipinski definition) is 0. The molecule has 128 valence electrons. The second-order valence-electron chi connectivity index (χ2n) is 7.00. The van der Waals surface area contributed by atoms with E-state index in [1.807, 2.05) is 42.3 Å². The van der Waals surface area contributed by atoms with E-state index in [1.54, 1.807) is 4.68 Å². The zero-order chi connectivity index (χ0) is 17.3. The summed E-state index contributed by atoms with van der Waals surface area (Å²) < 4.78 is 1.71. The van der Waals surface area contributed by atoms with E-state index in [0.29, 0.717) is 29.2 Å². The van der Waals surface area contributed by atoms with Gasteiger partial charge in [-0.15, -0.1) is 0 Å². The molecule has 1 aliphatic rings. The predicted octanol–water partition coefficient (Wildman–Crippen LogP) is 4.08. The summed E-state index contributed by atoms with van der Waals surface area (Å²) in [4.78, 5) is 15.0. The Morgan fingerprint density at radius 2 is 2.08 bits per heavy atom. The van der Waals surface area contributed by atoms with Gasteiger partial charge in [-0.2, -0.15) is 5.10 Å². The quantitative estimate of drug-likeness (QED) is 0.791. The zero-order valence-corrected chi connectivity index (χ0v) is 15.3. The van der Waals surface area contributed by atoms with E-state index in [0.717, 1.165) is 30.5 Å². The van der Waals surface area contributed by atoms with Gasteiger partial charge in [0.25, 0.3) is 5.91 Å². The third kappa shape index (κ3) is 3.81. The first-order valence-corrected chi connectivity index (χ1v) is 8.90. The number of halogens is 1. The van der Waals surface area contributed by atoms with Gasteiger partial charge in [-0.05, 0) is 42.9 Å². The minimum atomic E-state index is 0.0439. The van der Waals surface area contributed by atoms with Crippen molar-refractivity contribution in [2.75, 3.05) is 0 Å². The van der Waals surface area contributed by atoms with Crippen LogP contribution < -0.4 is 0 Å². The average molecular weight is 346 g/mol. The van der Waals surface area contributed by atoms with E-state index >= 15 is 0 Å². The molecule has 0 unspecified atom stereocenters. The van der Waals surface area contributed by atoms with Crippen molar-refractivity contribution in [2.45, 2.75) is 45.7 Å². The Morgan fingerprint density at radius 1 is 1.38 bits per heavy atom. The highest BCUT2D eigenvalue weighted by Gasteiger charge is 2.34. The van der Waals surface area contributed by atoms with Gasteiger partial charge in [-0.1, -0.05) is 43.6 Å². The van der Waals surface area contributed by atoms with Gasteiger partial charge < -0.3 is 4.90 Å². The first-order chi connectivity index (χ1) is 11.5. The molecule has 0 radical (unpaired) electrons. The molecule has 1 saturated carbocycles. The van der Waals surface area contributed by atoms with E-state index in [4.69, 9.17) is 11.6 Å². The molecule has 2 aromatic rings. The fourth-order valence-electron chi connectivity index (χ4n) is 2.96. The molecular formula is C19H24ClN3O. The van der Waals surface area contributed by atoms with Crippen LogP contribution in [0, 0.1) is 5.92 Å². The second-order valence-corrected chi connectivity index (χ2v) is 7.41. The topological polar surface area (TPSA) is 38.1 Å². The van der Waals surface area contributed by atoms with Crippen LogP contribution in [0.2, 0.25) is 5.02 Å². The Hall–Kier alpha value is -1.81. The van der Waals surface area contributed by atoms with E-state index < -0.39 is 0 Å². The van der Waals surface area contributed by atoms with Crippen molar-refractivity contribution in [3.8, 4) is 0 Å². The molecule has 1 aromatic carbocycles. The van der Waals surface area contributed by atoms with E-state index in [-0.39, 0.29) is 5.91 Å². The number of nitrogens with zero attached hydrogens (tertiary/aromatic N) is 3. The number of amides is 1. The van der Waals surface area contributed by atoms with Crippen LogP contribution in [-0.2, 0) is 20.0 Å². The zero-order valence-electron chi connectivity index (χ0n) is 14.5. The minimum Gasteiger partial charge on any atom is -0.330 e. The highest BCUT2D eigenvalue weighted by Crippen LogP contribution is 2.31. The Kier molecular flexibility index (Phi) is 4.95. The van der Waals surface area contributed by atoms with Crippen molar-refractivity contribution >= 4 is 17.5 Å². The standard InChI is InChI=1S/C19H24ClN3O/c1-13(2)10-15-11-18(22(3)21-15)19(24)23(16-8-9-16)12-14-6-4-5-7-17(14)20/h4-7,11,13,16H,8-10,12H2,1-3H3. The van der Waals surface area contributed by atoms with Crippen molar-refractivity contribution < 1.29 is 4.79 Å². The monoisotopic (exact) mass is 345 g/mol. The van der Waals surface area contributed by atoms with Gasteiger partial charge in [-0.25, -0.2) is 0 Å². The van der Waals surface area contributed by atoms with E-state index in [9.17, 15) is 4.79 Å². The third-order valence-corrected chi connectivity index (χ3v) is 4.68. The molecule has 1 amide bonds. The highest BCUT2D eigenvalue weighted by molar-refractivity contribution is 6.31. The first kappa shape index (κ1) is 17.0. The summed E-state index contributed by atoms with van der Waals surface area (Å²) in [7, 11) is 1.84. The number of aryl methyl sites for hydroxylation is 1. The molecule has 5 heteroatoms. The molecule has 1 aromatic heterocycles. The predicted molar refractivity (Wildman–Crippen MR) is 96.1 cm³/mol. The van der Waals surface area contributed by atoms with Gasteiger partial charge >= 0.3 is 0 Å². The maximum absolute atomic E-state index is 13.1. The lowest BCUT2D eigenvalue weighted by atomic mass is 10.1. The lowest BCUT2D eigenvalue weighted by Crippen LogP contribution is -2.34. The number of aromatic nitrogens is 2. The molecule has 1 fully saturated rings. The Balaban J connectivity index is 1.83. The first-order valence-electron chi connectivity index (χ1n) is 8.53. The minimum absolute atomic E-state index is 0.0439. The maximum Gasteiger partial charge on any atom is 0.272 e. The van der Waals surface area contributed by atoms with E-state index in [2.05, 4.69) is 18.9 Å². The van der Waals surface area contributed by atoms with E-state index in [1.165, 1.54) is 0 Å². The van der Waals surface area contributed by atoms with Gasteiger partial charge in [-0.3, -0.25) is 9.48 Å². The van der Waals surface area contributed by atoms with Crippen molar-refractivity contribution in [2.24, 2.45) is 13.0 Å². The lowest BCUT2D eigenvalue weighted by molar-refractivity contribution is 0.0718. The Morgan fingerprint density at radius 3 is 2.71 bits per heavy atom. The molecule has 0 spiro atoms. The summed E-state index contributed by atoms with van der Waals surface area (Å²) in [5.41, 5.74) is 2.62. The largest absolute Gasteiger partial charge is 0.330 e. The smallest absolute Gasteiger partial charge is 0.272 e. The maximum atomic E-state index is 13.1. The molecule has 0 saturated heterocycles. The molecule has 0 aliphatic heterocycles. The SMILES string of the molecule is CC(C)Cc1cc(C(=O)N(Cc2ccccc2Cl)C2CC2)n(C)n1. The van der Waals surface area contributed by atoms with Gasteiger partial charge in [0.2, 0.25) is 0 Å². The van der Waals surface area contributed by atoms with Crippen LogP contribution in [-0.4, -0.2) is 26.6 Å². The van der Waals surface area contributed by atoms with Crippen molar-refractivity contribution in [3.05, 3.63) is 52.3 Å². The molecule has 1 aliphatic carbocycles. The molecule has 0 N–H and O–H groups in total. The van der Waals surface area contributed by atoms with Crippen LogP contribution in [0.25, 0.3) is 0 Å². The third-order valence-electron chi connectivity index (χ3n) is 4.31. The summed E-state index contributed by atoms with van der Waals surface area (Å²) in [6.45, 7) is 4.86. The highest BCUT2D eigenvalue weighted by atomic mass is 35.5. The molecule has 3 rings (SSSR count). The fourth-order valence-corrected chi connectivity index (χ4v) is 3.15. The fraction of sp³-hybridized carbons (Fsp3) is 0.474. The number of rotatable bonds is 6. The van der Waals surface area contributed by atoms with Crippen LogP contribution in [0.4, 0.5) is 0 Å². The van der Waals surface area contributed by atoms with Crippen LogP contribution in [0.5, 0.6) is 0 Å². The van der Waals surface area contributed by atoms with Crippen molar-refractivity contribution in [3.63, 3.8) is 0 Å². The van der Waals surface area contributed by atoms with Gasteiger partial charge in [0.05, 0.1) is 5.69 Å². The van der Waals surface area contributed by atoms with Crippen LogP contribution in [0.1, 0.15) is 48.4 Å². The molecular weight excluding hydrogens is 322 g/mol. The Labute approximate surface area is 148 Å². The molecule has 24 heavy (non-hydrogen) atoms. The van der Waals surface area contributed by atoms with Gasteiger partial charge in [0.15, 0.2) is 0 Å².